The summed E-state index contributed by atoms with van der Waals surface area (Å²) in [5.74, 6) is 0. The minimum absolute atomic E-state index is 0.745. The van der Waals surface area contributed by atoms with E-state index < -0.39 is 21.8 Å². The molecular formula is C20H19Zr. The number of hydrogen-bond acceptors (Lipinski definition) is 0. The molecule has 21 heavy (non-hydrogen) atoms. The summed E-state index contributed by atoms with van der Waals surface area (Å²) in [6, 6.07) is 17.9. The summed E-state index contributed by atoms with van der Waals surface area (Å²) >= 11 is -1.63. The van der Waals surface area contributed by atoms with Crippen molar-refractivity contribution in [2.45, 2.75) is 18.3 Å². The molecule has 0 heterocycles. The number of fused-ring (bicyclic) bond motifs is 2. The third kappa shape index (κ3) is 2.23. The van der Waals surface area contributed by atoms with E-state index in [1.165, 1.54) is 15.3 Å². The fourth-order valence-corrected chi connectivity index (χ4v) is 11.8. The second-order valence-corrected chi connectivity index (χ2v) is 13.5. The molecule has 1 heteroatoms. The standard InChI is InChI=1S/2C9H7.C2H5.Zr/c2*1-2-5-9-7-3-6-8(9)4-1;1-2;/h2*1-7H;1H2,2H3;. The maximum atomic E-state index is 2.50. The Balaban J connectivity index is 1.72. The first-order valence-electron chi connectivity index (χ1n) is 7.78. The van der Waals surface area contributed by atoms with Crippen molar-refractivity contribution in [2.24, 2.45) is 0 Å². The summed E-state index contributed by atoms with van der Waals surface area (Å²) in [5, 5.41) is 0. The molecule has 2 atom stereocenters. The molecule has 0 amide bonds. The van der Waals surface area contributed by atoms with Gasteiger partial charge < -0.3 is 0 Å². The van der Waals surface area contributed by atoms with Gasteiger partial charge in [0, 0.05) is 0 Å². The molecule has 2 aromatic rings. The van der Waals surface area contributed by atoms with Gasteiger partial charge in [-0.05, 0) is 0 Å². The van der Waals surface area contributed by atoms with Gasteiger partial charge in [0.2, 0.25) is 0 Å². The van der Waals surface area contributed by atoms with Crippen molar-refractivity contribution in [3.63, 3.8) is 0 Å². The molecule has 0 nitrogen and oxygen atoms in total. The van der Waals surface area contributed by atoms with Gasteiger partial charge in [-0.2, -0.15) is 0 Å². The number of rotatable bonds is 3. The van der Waals surface area contributed by atoms with Gasteiger partial charge in [-0.3, -0.25) is 0 Å². The van der Waals surface area contributed by atoms with Crippen molar-refractivity contribution in [1.82, 2.24) is 0 Å². The molecule has 0 bridgehead atoms. The van der Waals surface area contributed by atoms with E-state index in [0.717, 1.165) is 7.25 Å². The third-order valence-electron chi connectivity index (χ3n) is 4.81. The fourth-order valence-electron chi connectivity index (χ4n) is 3.78. The quantitative estimate of drug-likeness (QED) is 0.678. The van der Waals surface area contributed by atoms with Crippen LogP contribution in [-0.2, 0) is 21.8 Å². The van der Waals surface area contributed by atoms with E-state index in [-0.39, 0.29) is 0 Å². The van der Waals surface area contributed by atoms with Crippen LogP contribution in [-0.4, -0.2) is 0 Å². The van der Waals surface area contributed by atoms with Crippen molar-refractivity contribution >= 4 is 12.2 Å². The maximum absolute atomic E-state index is 2.50. The molecule has 0 saturated carbocycles. The first-order chi connectivity index (χ1) is 10.4. The summed E-state index contributed by atoms with van der Waals surface area (Å²) in [4.78, 5) is 0. The van der Waals surface area contributed by atoms with Crippen LogP contribution in [0.25, 0.3) is 12.2 Å². The zero-order valence-electron chi connectivity index (χ0n) is 12.3. The van der Waals surface area contributed by atoms with Crippen LogP contribution in [0.3, 0.4) is 0 Å². The van der Waals surface area contributed by atoms with Crippen molar-refractivity contribution in [2.75, 3.05) is 0 Å². The Kier molecular flexibility index (Phi) is 3.55. The Bertz CT molecular complexity index is 665. The van der Waals surface area contributed by atoms with E-state index in [4.69, 9.17) is 0 Å². The van der Waals surface area contributed by atoms with Crippen molar-refractivity contribution in [1.29, 1.82) is 0 Å². The normalized spacial score (nSPS) is 21.4. The van der Waals surface area contributed by atoms with E-state index in [2.05, 4.69) is 79.8 Å². The van der Waals surface area contributed by atoms with Crippen LogP contribution in [0, 0.1) is 0 Å². The molecule has 4 rings (SSSR count). The van der Waals surface area contributed by atoms with E-state index in [1.807, 2.05) is 0 Å². The molecule has 2 unspecified atom stereocenters. The van der Waals surface area contributed by atoms with E-state index in [9.17, 15) is 0 Å². The van der Waals surface area contributed by atoms with Crippen LogP contribution in [0.1, 0.15) is 36.4 Å². The molecule has 2 aromatic carbocycles. The average Bonchev–Trinajstić information content (AvgIpc) is 3.14. The second-order valence-electron chi connectivity index (χ2n) is 5.86. The van der Waals surface area contributed by atoms with Crippen molar-refractivity contribution < 1.29 is 21.8 Å². The minimum atomic E-state index is -1.63. The summed E-state index contributed by atoms with van der Waals surface area (Å²) in [7, 11) is 0. The summed E-state index contributed by atoms with van der Waals surface area (Å²) in [5.41, 5.74) is 6.08. The first kappa shape index (κ1) is 13.5. The van der Waals surface area contributed by atoms with Gasteiger partial charge in [-0.15, -0.1) is 0 Å². The third-order valence-corrected chi connectivity index (χ3v) is 13.2. The molecule has 0 aliphatic heterocycles. The predicted molar refractivity (Wildman–Crippen MR) is 86.9 cm³/mol. The van der Waals surface area contributed by atoms with Crippen LogP contribution < -0.4 is 0 Å². The summed E-state index contributed by atoms with van der Waals surface area (Å²) in [6.45, 7) is 2.42. The molecule has 2 aliphatic carbocycles. The van der Waals surface area contributed by atoms with Gasteiger partial charge in [0.1, 0.15) is 0 Å². The van der Waals surface area contributed by atoms with Crippen LogP contribution in [0.4, 0.5) is 0 Å². The van der Waals surface area contributed by atoms with E-state index in [0.29, 0.717) is 0 Å². The van der Waals surface area contributed by atoms with Gasteiger partial charge in [0.25, 0.3) is 0 Å². The van der Waals surface area contributed by atoms with Crippen LogP contribution in [0.15, 0.2) is 60.7 Å². The van der Waals surface area contributed by atoms with E-state index in [1.54, 1.807) is 11.1 Å². The molecule has 0 N–H and O–H groups in total. The summed E-state index contributed by atoms with van der Waals surface area (Å²) in [6.07, 6.45) is 9.69. The van der Waals surface area contributed by atoms with Crippen LogP contribution >= 0.6 is 0 Å². The van der Waals surface area contributed by atoms with Gasteiger partial charge >= 0.3 is 135 Å². The fraction of sp³-hybridized carbons (Fsp3) is 0.200. The van der Waals surface area contributed by atoms with E-state index >= 15 is 0 Å². The van der Waals surface area contributed by atoms with Gasteiger partial charge in [0.05, 0.1) is 0 Å². The van der Waals surface area contributed by atoms with Crippen molar-refractivity contribution in [3.05, 3.63) is 82.9 Å². The summed E-state index contributed by atoms with van der Waals surface area (Å²) < 4.78 is 2.89. The average molecular weight is 351 g/mol. The molecule has 0 spiro atoms. The molecule has 103 valence electrons. The SMILES string of the molecule is C[CH2][Zr]([CH]1C=Cc2ccccc21)[CH]1C=Cc2ccccc21. The number of benzene rings is 2. The number of allylic oxidation sites excluding steroid dienone is 2. The number of hydrogen-bond donors (Lipinski definition) is 0. The molecule has 0 radical (unpaired) electrons. The Morgan fingerprint density at radius 1 is 0.762 bits per heavy atom. The zero-order valence-corrected chi connectivity index (χ0v) is 14.7. The Hall–Kier alpha value is -1.20. The van der Waals surface area contributed by atoms with Crippen LogP contribution in [0.5, 0.6) is 0 Å². The molecule has 2 aliphatic rings. The first-order valence-corrected chi connectivity index (χ1v) is 12.4. The van der Waals surface area contributed by atoms with Gasteiger partial charge in [-0.1, -0.05) is 0 Å². The topological polar surface area (TPSA) is 0 Å². The monoisotopic (exact) mass is 349 g/mol. The zero-order chi connectivity index (χ0) is 14.2. The molecular weight excluding hydrogens is 331 g/mol. The Morgan fingerprint density at radius 3 is 1.71 bits per heavy atom. The Morgan fingerprint density at radius 2 is 1.24 bits per heavy atom. The molecule has 0 fully saturated rings. The molecule has 0 saturated heterocycles. The second kappa shape index (κ2) is 5.54. The molecule has 0 aromatic heterocycles. The van der Waals surface area contributed by atoms with Crippen LogP contribution in [0.2, 0.25) is 4.13 Å². The van der Waals surface area contributed by atoms with Gasteiger partial charge in [-0.25, -0.2) is 0 Å². The Labute approximate surface area is 134 Å². The van der Waals surface area contributed by atoms with Crippen molar-refractivity contribution in [3.8, 4) is 0 Å². The predicted octanol–water partition coefficient (Wildman–Crippen LogP) is 5.58. The van der Waals surface area contributed by atoms with Gasteiger partial charge in [0.15, 0.2) is 0 Å².